The first-order valence-corrected chi connectivity index (χ1v) is 8.10. The number of hydrogen-bond acceptors (Lipinski definition) is 2. The summed E-state index contributed by atoms with van der Waals surface area (Å²) in [4.78, 5) is 0. The van der Waals surface area contributed by atoms with E-state index in [0.29, 0.717) is 24.9 Å². The van der Waals surface area contributed by atoms with Gasteiger partial charge in [0.2, 0.25) is 10.0 Å². The predicted molar refractivity (Wildman–Crippen MR) is 73.6 cm³/mol. The SMILES string of the molecule is C[C@@H]1C[C@H](C)CN(S(=O)(=O)Cc2ccccc2)C1. The molecule has 0 N–H and O–H groups in total. The Hall–Kier alpha value is -0.870. The molecule has 1 fully saturated rings. The van der Waals surface area contributed by atoms with Crippen LogP contribution in [-0.2, 0) is 15.8 Å². The van der Waals surface area contributed by atoms with E-state index in [-0.39, 0.29) is 5.75 Å². The largest absolute Gasteiger partial charge is 0.218 e. The molecule has 1 aliphatic heterocycles. The molecule has 0 bridgehead atoms. The fraction of sp³-hybridized carbons (Fsp3) is 0.571. The van der Waals surface area contributed by atoms with Gasteiger partial charge in [-0.05, 0) is 23.8 Å². The van der Waals surface area contributed by atoms with Gasteiger partial charge in [0.15, 0.2) is 0 Å². The second kappa shape index (κ2) is 5.41. The minimum absolute atomic E-state index is 0.118. The highest BCUT2D eigenvalue weighted by Gasteiger charge is 2.30. The summed E-state index contributed by atoms with van der Waals surface area (Å²) in [5.41, 5.74) is 0.864. The molecule has 0 aliphatic carbocycles. The molecule has 0 amide bonds. The maximum Gasteiger partial charge on any atom is 0.218 e. The molecule has 4 heteroatoms. The van der Waals surface area contributed by atoms with Crippen LogP contribution in [-0.4, -0.2) is 25.8 Å². The van der Waals surface area contributed by atoms with Gasteiger partial charge < -0.3 is 0 Å². The lowest BCUT2D eigenvalue weighted by Gasteiger charge is -2.34. The molecule has 0 spiro atoms. The summed E-state index contributed by atoms with van der Waals surface area (Å²) in [5, 5.41) is 0. The highest BCUT2D eigenvalue weighted by atomic mass is 32.2. The fourth-order valence-corrected chi connectivity index (χ4v) is 4.47. The van der Waals surface area contributed by atoms with Gasteiger partial charge >= 0.3 is 0 Å². The summed E-state index contributed by atoms with van der Waals surface area (Å²) in [6.45, 7) is 5.58. The van der Waals surface area contributed by atoms with Crippen LogP contribution in [0.1, 0.15) is 25.8 Å². The maximum absolute atomic E-state index is 12.4. The Morgan fingerprint density at radius 1 is 1.11 bits per heavy atom. The summed E-state index contributed by atoms with van der Waals surface area (Å²) in [6, 6.07) is 9.41. The fourth-order valence-electron chi connectivity index (χ4n) is 2.71. The van der Waals surface area contributed by atoms with Gasteiger partial charge in [-0.25, -0.2) is 12.7 Å². The van der Waals surface area contributed by atoms with Crippen LogP contribution in [0.4, 0.5) is 0 Å². The number of piperidine rings is 1. The Bertz CT molecular complexity index is 474. The van der Waals surface area contributed by atoms with Crippen LogP contribution < -0.4 is 0 Å². The molecule has 2 atom stereocenters. The molecule has 100 valence electrons. The molecular weight excluding hydrogens is 246 g/mol. The molecule has 18 heavy (non-hydrogen) atoms. The monoisotopic (exact) mass is 267 g/mol. The van der Waals surface area contributed by atoms with Crippen molar-refractivity contribution in [1.82, 2.24) is 4.31 Å². The van der Waals surface area contributed by atoms with Crippen molar-refractivity contribution in [3.63, 3.8) is 0 Å². The van der Waals surface area contributed by atoms with E-state index in [1.54, 1.807) is 4.31 Å². The molecule has 0 unspecified atom stereocenters. The van der Waals surface area contributed by atoms with Gasteiger partial charge in [-0.1, -0.05) is 44.2 Å². The van der Waals surface area contributed by atoms with Crippen molar-refractivity contribution in [3.05, 3.63) is 35.9 Å². The van der Waals surface area contributed by atoms with E-state index in [0.717, 1.165) is 12.0 Å². The van der Waals surface area contributed by atoms with E-state index in [1.165, 1.54) is 0 Å². The van der Waals surface area contributed by atoms with Gasteiger partial charge in [0.1, 0.15) is 0 Å². The van der Waals surface area contributed by atoms with Gasteiger partial charge in [0, 0.05) is 13.1 Å². The maximum atomic E-state index is 12.4. The topological polar surface area (TPSA) is 37.4 Å². The van der Waals surface area contributed by atoms with Crippen molar-refractivity contribution in [2.24, 2.45) is 11.8 Å². The van der Waals surface area contributed by atoms with E-state index in [9.17, 15) is 8.42 Å². The first kappa shape index (κ1) is 13.6. The predicted octanol–water partition coefficient (Wildman–Crippen LogP) is 2.49. The molecular formula is C14H21NO2S. The van der Waals surface area contributed by atoms with Crippen molar-refractivity contribution >= 4 is 10.0 Å². The molecule has 1 aromatic carbocycles. The third-order valence-electron chi connectivity index (χ3n) is 3.42. The lowest BCUT2D eigenvalue weighted by atomic mass is 9.94. The van der Waals surface area contributed by atoms with E-state index in [1.807, 2.05) is 30.3 Å². The Morgan fingerprint density at radius 2 is 1.67 bits per heavy atom. The summed E-state index contributed by atoms with van der Waals surface area (Å²) < 4.78 is 26.4. The molecule has 2 rings (SSSR count). The van der Waals surface area contributed by atoms with E-state index in [4.69, 9.17) is 0 Å². The zero-order valence-corrected chi connectivity index (χ0v) is 11.9. The van der Waals surface area contributed by atoms with Crippen molar-refractivity contribution < 1.29 is 8.42 Å². The molecule has 1 aliphatic rings. The minimum atomic E-state index is -3.17. The third-order valence-corrected chi connectivity index (χ3v) is 5.20. The zero-order valence-electron chi connectivity index (χ0n) is 11.0. The number of hydrogen-bond donors (Lipinski definition) is 0. The summed E-state index contributed by atoms with van der Waals surface area (Å²) >= 11 is 0. The second-order valence-corrected chi connectivity index (χ2v) is 7.47. The number of sulfonamides is 1. The summed E-state index contributed by atoms with van der Waals surface area (Å²) in [6.07, 6.45) is 1.12. The van der Waals surface area contributed by atoms with E-state index < -0.39 is 10.0 Å². The molecule has 1 saturated heterocycles. The number of rotatable bonds is 3. The first-order chi connectivity index (χ1) is 8.47. The van der Waals surface area contributed by atoms with Crippen LogP contribution in [0.5, 0.6) is 0 Å². The summed E-state index contributed by atoms with van der Waals surface area (Å²) in [5.74, 6) is 1.03. The Balaban J connectivity index is 2.11. The molecule has 0 radical (unpaired) electrons. The van der Waals surface area contributed by atoms with Crippen LogP contribution >= 0.6 is 0 Å². The van der Waals surface area contributed by atoms with Crippen molar-refractivity contribution in [2.75, 3.05) is 13.1 Å². The van der Waals surface area contributed by atoms with E-state index >= 15 is 0 Å². The highest BCUT2D eigenvalue weighted by Crippen LogP contribution is 2.24. The summed E-state index contributed by atoms with van der Waals surface area (Å²) in [7, 11) is -3.17. The first-order valence-electron chi connectivity index (χ1n) is 6.49. The number of benzene rings is 1. The Labute approximate surface area is 110 Å². The van der Waals surface area contributed by atoms with Crippen LogP contribution in [0, 0.1) is 11.8 Å². The van der Waals surface area contributed by atoms with Crippen molar-refractivity contribution in [3.8, 4) is 0 Å². The average molecular weight is 267 g/mol. The van der Waals surface area contributed by atoms with Gasteiger partial charge in [0.05, 0.1) is 5.75 Å². The Kier molecular flexibility index (Phi) is 4.07. The quantitative estimate of drug-likeness (QED) is 0.844. The van der Waals surface area contributed by atoms with Gasteiger partial charge in [-0.3, -0.25) is 0 Å². The molecule has 1 heterocycles. The van der Waals surface area contributed by atoms with Crippen LogP contribution in [0.15, 0.2) is 30.3 Å². The lowest BCUT2D eigenvalue weighted by Crippen LogP contribution is -2.43. The minimum Gasteiger partial charge on any atom is -0.212 e. The average Bonchev–Trinajstić information content (AvgIpc) is 2.28. The molecule has 0 aromatic heterocycles. The highest BCUT2D eigenvalue weighted by molar-refractivity contribution is 7.88. The second-order valence-electron chi connectivity index (χ2n) is 5.50. The smallest absolute Gasteiger partial charge is 0.212 e. The van der Waals surface area contributed by atoms with Crippen LogP contribution in [0.3, 0.4) is 0 Å². The molecule has 1 aromatic rings. The molecule has 0 saturated carbocycles. The number of nitrogens with zero attached hydrogens (tertiary/aromatic N) is 1. The third kappa shape index (κ3) is 3.33. The van der Waals surface area contributed by atoms with Crippen molar-refractivity contribution in [2.45, 2.75) is 26.0 Å². The standard InChI is InChI=1S/C14H21NO2S/c1-12-8-13(2)10-15(9-12)18(16,17)11-14-6-4-3-5-7-14/h3-7,12-13H,8-11H2,1-2H3/t12-,13+. The molecule has 3 nitrogen and oxygen atoms in total. The van der Waals surface area contributed by atoms with E-state index in [2.05, 4.69) is 13.8 Å². The zero-order chi connectivity index (χ0) is 13.2. The lowest BCUT2D eigenvalue weighted by molar-refractivity contribution is 0.222. The van der Waals surface area contributed by atoms with Crippen molar-refractivity contribution in [1.29, 1.82) is 0 Å². The van der Waals surface area contributed by atoms with Crippen LogP contribution in [0.25, 0.3) is 0 Å². The Morgan fingerprint density at radius 3 is 2.22 bits per heavy atom. The normalized spacial score (nSPS) is 26.1. The van der Waals surface area contributed by atoms with Crippen LogP contribution in [0.2, 0.25) is 0 Å². The van der Waals surface area contributed by atoms with Gasteiger partial charge in [-0.15, -0.1) is 0 Å². The van der Waals surface area contributed by atoms with Gasteiger partial charge in [-0.2, -0.15) is 0 Å². The van der Waals surface area contributed by atoms with Gasteiger partial charge in [0.25, 0.3) is 0 Å².